The van der Waals surface area contributed by atoms with Crippen molar-refractivity contribution in [1.29, 1.82) is 5.26 Å². The fourth-order valence-electron chi connectivity index (χ4n) is 2.66. The highest BCUT2D eigenvalue weighted by Crippen LogP contribution is 2.22. The summed E-state index contributed by atoms with van der Waals surface area (Å²) in [6.45, 7) is 5.87. The molecule has 2 unspecified atom stereocenters. The van der Waals surface area contributed by atoms with Crippen LogP contribution in [0.2, 0.25) is 0 Å². The molecule has 0 bridgehead atoms. The standard InChI is InChI=1S/C16H21N3O/c1-12-4-3-9-19(13(12)2)11-16(20)18-15-7-5-14(10-17)6-8-15/h5-8,12-13H,3-4,9,11H2,1-2H3,(H,18,20). The van der Waals surface area contributed by atoms with Gasteiger partial charge in [-0.25, -0.2) is 0 Å². The molecule has 4 heteroatoms. The van der Waals surface area contributed by atoms with E-state index in [-0.39, 0.29) is 5.91 Å². The first kappa shape index (κ1) is 14.5. The molecular formula is C16H21N3O. The Bertz CT molecular complexity index is 503. The number of nitriles is 1. The number of benzene rings is 1. The van der Waals surface area contributed by atoms with Crippen molar-refractivity contribution >= 4 is 11.6 Å². The Morgan fingerprint density at radius 1 is 1.40 bits per heavy atom. The van der Waals surface area contributed by atoms with E-state index in [1.807, 2.05) is 0 Å². The van der Waals surface area contributed by atoms with Crippen molar-refractivity contribution in [2.24, 2.45) is 5.92 Å². The second-order valence-corrected chi connectivity index (χ2v) is 5.57. The largest absolute Gasteiger partial charge is 0.325 e. The number of amides is 1. The van der Waals surface area contributed by atoms with Gasteiger partial charge >= 0.3 is 0 Å². The molecule has 1 saturated heterocycles. The fourth-order valence-corrected chi connectivity index (χ4v) is 2.66. The van der Waals surface area contributed by atoms with Crippen LogP contribution < -0.4 is 5.32 Å². The smallest absolute Gasteiger partial charge is 0.238 e. The number of piperidine rings is 1. The molecule has 1 heterocycles. The van der Waals surface area contributed by atoms with Gasteiger partial charge in [0.05, 0.1) is 18.2 Å². The lowest BCUT2D eigenvalue weighted by atomic mass is 9.92. The van der Waals surface area contributed by atoms with Gasteiger partial charge in [-0.05, 0) is 56.5 Å². The summed E-state index contributed by atoms with van der Waals surface area (Å²) >= 11 is 0. The van der Waals surface area contributed by atoms with Gasteiger partial charge < -0.3 is 5.32 Å². The molecule has 1 aliphatic rings. The first-order valence-corrected chi connectivity index (χ1v) is 7.14. The molecule has 1 aromatic carbocycles. The predicted octanol–water partition coefficient (Wildman–Crippen LogP) is 2.62. The fraction of sp³-hybridized carbons (Fsp3) is 0.500. The van der Waals surface area contributed by atoms with Gasteiger partial charge in [0.1, 0.15) is 0 Å². The van der Waals surface area contributed by atoms with Gasteiger partial charge in [-0.1, -0.05) is 6.92 Å². The highest BCUT2D eigenvalue weighted by Gasteiger charge is 2.25. The van der Waals surface area contributed by atoms with Crippen LogP contribution in [0.4, 0.5) is 5.69 Å². The molecular weight excluding hydrogens is 250 g/mol. The van der Waals surface area contributed by atoms with Gasteiger partial charge in [0.25, 0.3) is 0 Å². The maximum Gasteiger partial charge on any atom is 0.238 e. The Morgan fingerprint density at radius 2 is 2.10 bits per heavy atom. The van der Waals surface area contributed by atoms with Crippen LogP contribution in [0.25, 0.3) is 0 Å². The summed E-state index contributed by atoms with van der Waals surface area (Å²) in [6, 6.07) is 9.46. The zero-order valence-electron chi connectivity index (χ0n) is 12.1. The quantitative estimate of drug-likeness (QED) is 0.919. The number of hydrogen-bond acceptors (Lipinski definition) is 3. The Kier molecular flexibility index (Phi) is 4.75. The number of hydrogen-bond donors (Lipinski definition) is 1. The van der Waals surface area contributed by atoms with Gasteiger partial charge in [-0.2, -0.15) is 5.26 Å². The Balaban J connectivity index is 1.90. The molecule has 1 N–H and O–H groups in total. The zero-order valence-corrected chi connectivity index (χ0v) is 12.1. The normalized spacial score (nSPS) is 23.1. The Hall–Kier alpha value is -1.86. The average molecular weight is 271 g/mol. The molecule has 106 valence electrons. The monoisotopic (exact) mass is 271 g/mol. The minimum atomic E-state index is 0.00987. The predicted molar refractivity (Wildman–Crippen MR) is 79.2 cm³/mol. The first-order valence-electron chi connectivity index (χ1n) is 7.14. The molecule has 1 fully saturated rings. The van der Waals surface area contributed by atoms with Crippen molar-refractivity contribution < 1.29 is 4.79 Å². The van der Waals surface area contributed by atoms with Crippen LogP contribution in [0.1, 0.15) is 32.3 Å². The lowest BCUT2D eigenvalue weighted by molar-refractivity contribution is -0.118. The van der Waals surface area contributed by atoms with Crippen molar-refractivity contribution in [3.05, 3.63) is 29.8 Å². The molecule has 1 aromatic rings. The summed E-state index contributed by atoms with van der Waals surface area (Å²) in [5.41, 5.74) is 1.34. The van der Waals surface area contributed by atoms with E-state index >= 15 is 0 Å². The number of carbonyl (C=O) groups excluding carboxylic acids is 1. The summed E-state index contributed by atoms with van der Waals surface area (Å²) in [5.74, 6) is 0.655. The van der Waals surface area contributed by atoms with Crippen LogP contribution in [0, 0.1) is 17.2 Å². The van der Waals surface area contributed by atoms with Gasteiger partial charge in [0.2, 0.25) is 5.91 Å². The summed E-state index contributed by atoms with van der Waals surface area (Å²) in [6.07, 6.45) is 2.41. The van der Waals surface area contributed by atoms with E-state index in [0.29, 0.717) is 24.1 Å². The van der Waals surface area contributed by atoms with E-state index < -0.39 is 0 Å². The SMILES string of the molecule is CC1CCCN(CC(=O)Nc2ccc(C#N)cc2)C1C. The Morgan fingerprint density at radius 3 is 2.75 bits per heavy atom. The number of anilines is 1. The van der Waals surface area contributed by atoms with Crippen molar-refractivity contribution in [3.63, 3.8) is 0 Å². The minimum Gasteiger partial charge on any atom is -0.325 e. The summed E-state index contributed by atoms with van der Waals surface area (Å²) in [4.78, 5) is 14.3. The molecule has 0 spiro atoms. The van der Waals surface area contributed by atoms with E-state index in [1.165, 1.54) is 6.42 Å². The number of likely N-dealkylation sites (tertiary alicyclic amines) is 1. The van der Waals surface area contributed by atoms with Crippen LogP contribution in [-0.2, 0) is 4.79 Å². The third-order valence-electron chi connectivity index (χ3n) is 4.15. The Labute approximate surface area is 120 Å². The second kappa shape index (κ2) is 6.53. The van der Waals surface area contributed by atoms with Gasteiger partial charge in [0.15, 0.2) is 0 Å². The lowest BCUT2D eigenvalue weighted by Gasteiger charge is -2.37. The second-order valence-electron chi connectivity index (χ2n) is 5.57. The number of nitrogens with zero attached hydrogens (tertiary/aromatic N) is 2. The van der Waals surface area contributed by atoms with E-state index in [9.17, 15) is 4.79 Å². The first-order chi connectivity index (χ1) is 9.60. The van der Waals surface area contributed by atoms with E-state index in [4.69, 9.17) is 5.26 Å². The molecule has 0 aromatic heterocycles. The zero-order chi connectivity index (χ0) is 14.5. The molecule has 4 nitrogen and oxygen atoms in total. The van der Waals surface area contributed by atoms with Crippen molar-refractivity contribution in [2.45, 2.75) is 32.7 Å². The van der Waals surface area contributed by atoms with Gasteiger partial charge in [-0.15, -0.1) is 0 Å². The summed E-state index contributed by atoms with van der Waals surface area (Å²) < 4.78 is 0. The molecule has 0 radical (unpaired) electrons. The molecule has 2 rings (SSSR count). The topological polar surface area (TPSA) is 56.1 Å². The minimum absolute atomic E-state index is 0.00987. The van der Waals surface area contributed by atoms with E-state index in [2.05, 4.69) is 30.1 Å². The number of nitrogens with one attached hydrogen (secondary N) is 1. The highest BCUT2D eigenvalue weighted by molar-refractivity contribution is 5.92. The van der Waals surface area contributed by atoms with Crippen molar-refractivity contribution in [3.8, 4) is 6.07 Å². The molecule has 0 saturated carbocycles. The third kappa shape index (κ3) is 3.58. The highest BCUT2D eigenvalue weighted by atomic mass is 16.2. The maximum atomic E-state index is 12.1. The van der Waals surface area contributed by atoms with Gasteiger partial charge in [0, 0.05) is 11.7 Å². The molecule has 1 aliphatic heterocycles. The third-order valence-corrected chi connectivity index (χ3v) is 4.15. The summed E-state index contributed by atoms with van der Waals surface area (Å²) in [7, 11) is 0. The van der Waals surface area contributed by atoms with Crippen molar-refractivity contribution in [2.75, 3.05) is 18.4 Å². The van der Waals surface area contributed by atoms with Crippen molar-refractivity contribution in [1.82, 2.24) is 4.90 Å². The van der Waals surface area contributed by atoms with Crippen LogP contribution in [0.5, 0.6) is 0 Å². The number of carbonyl (C=O) groups is 1. The maximum absolute atomic E-state index is 12.1. The molecule has 0 aliphatic carbocycles. The number of rotatable bonds is 3. The lowest BCUT2D eigenvalue weighted by Crippen LogP contribution is -2.46. The van der Waals surface area contributed by atoms with Crippen LogP contribution in [0.3, 0.4) is 0 Å². The van der Waals surface area contributed by atoms with Crippen LogP contribution in [0.15, 0.2) is 24.3 Å². The van der Waals surface area contributed by atoms with Crippen LogP contribution in [-0.4, -0.2) is 29.9 Å². The van der Waals surface area contributed by atoms with Crippen LogP contribution >= 0.6 is 0 Å². The van der Waals surface area contributed by atoms with E-state index in [0.717, 1.165) is 18.7 Å². The van der Waals surface area contributed by atoms with Gasteiger partial charge in [-0.3, -0.25) is 9.69 Å². The molecule has 20 heavy (non-hydrogen) atoms. The molecule has 1 amide bonds. The van der Waals surface area contributed by atoms with E-state index in [1.54, 1.807) is 24.3 Å². The molecule has 2 atom stereocenters. The average Bonchev–Trinajstić information content (AvgIpc) is 2.45. The summed E-state index contributed by atoms with van der Waals surface area (Å²) in [5, 5.41) is 11.6.